The average Bonchev–Trinajstić information content (AvgIpc) is 2.55. The van der Waals surface area contributed by atoms with Crippen molar-refractivity contribution in [1.82, 2.24) is 9.78 Å². The minimum atomic E-state index is -0.883. The second-order valence-corrected chi connectivity index (χ2v) is 6.16. The topological polar surface area (TPSA) is 84.2 Å². The molecule has 0 fully saturated rings. The van der Waals surface area contributed by atoms with Gasteiger partial charge >= 0.3 is 5.97 Å². The fourth-order valence-corrected chi connectivity index (χ4v) is 2.77. The van der Waals surface area contributed by atoms with Crippen LogP contribution >= 0.6 is 11.8 Å². The molecule has 0 saturated heterocycles. The molecule has 1 rings (SSSR count). The molecular formula is C13H21N3O3S. The Balaban J connectivity index is 2.62. The highest BCUT2D eigenvalue weighted by Crippen LogP contribution is 2.22. The maximum atomic E-state index is 11.9. The number of aliphatic carboxylic acids is 1. The third-order valence-electron chi connectivity index (χ3n) is 3.02. The predicted molar refractivity (Wildman–Crippen MR) is 80.0 cm³/mol. The molecule has 1 unspecified atom stereocenters. The first-order chi connectivity index (χ1) is 9.23. The van der Waals surface area contributed by atoms with Crippen LogP contribution in [0.15, 0.2) is 0 Å². The maximum Gasteiger partial charge on any atom is 0.316 e. The van der Waals surface area contributed by atoms with Gasteiger partial charge in [0, 0.05) is 7.05 Å². The van der Waals surface area contributed by atoms with Gasteiger partial charge in [-0.2, -0.15) is 5.10 Å². The van der Waals surface area contributed by atoms with E-state index in [1.165, 1.54) is 0 Å². The minimum Gasteiger partial charge on any atom is -0.480 e. The molecule has 1 aromatic rings. The Labute approximate surface area is 122 Å². The molecule has 2 N–H and O–H groups in total. The van der Waals surface area contributed by atoms with E-state index in [4.69, 9.17) is 5.11 Å². The molecule has 1 atom stereocenters. The van der Waals surface area contributed by atoms with E-state index in [9.17, 15) is 9.59 Å². The summed E-state index contributed by atoms with van der Waals surface area (Å²) in [6.45, 7) is 7.36. The van der Waals surface area contributed by atoms with Crippen LogP contribution in [-0.4, -0.2) is 37.8 Å². The summed E-state index contributed by atoms with van der Waals surface area (Å²) >= 11 is 1.14. The van der Waals surface area contributed by atoms with Crippen LogP contribution in [0.25, 0.3) is 0 Å². The Morgan fingerprint density at radius 3 is 2.40 bits per heavy atom. The fraction of sp³-hybridized carbons (Fsp3) is 0.615. The first-order valence-electron chi connectivity index (χ1n) is 6.38. The van der Waals surface area contributed by atoms with Gasteiger partial charge in [0.05, 0.1) is 22.8 Å². The first kappa shape index (κ1) is 16.6. The number of carbonyl (C=O) groups is 2. The SMILES string of the molecule is Cc1nn(C)c(C)c1NC(=O)CSC(C(=O)O)C(C)C. The summed E-state index contributed by atoms with van der Waals surface area (Å²) in [6, 6.07) is 0. The number of nitrogens with one attached hydrogen (secondary N) is 1. The van der Waals surface area contributed by atoms with E-state index in [1.807, 2.05) is 34.7 Å². The van der Waals surface area contributed by atoms with Gasteiger partial charge in [0.1, 0.15) is 5.25 Å². The summed E-state index contributed by atoms with van der Waals surface area (Å²) in [5.41, 5.74) is 2.33. The molecule has 0 aliphatic carbocycles. The molecular weight excluding hydrogens is 278 g/mol. The summed E-state index contributed by atoms with van der Waals surface area (Å²) in [4.78, 5) is 23.0. The zero-order valence-corrected chi connectivity index (χ0v) is 13.2. The number of carboxylic acid groups (broad SMARTS) is 1. The van der Waals surface area contributed by atoms with Crippen molar-refractivity contribution >= 4 is 29.3 Å². The molecule has 0 bridgehead atoms. The van der Waals surface area contributed by atoms with Crippen LogP contribution in [0.3, 0.4) is 0 Å². The van der Waals surface area contributed by atoms with Crippen molar-refractivity contribution < 1.29 is 14.7 Å². The summed E-state index contributed by atoms with van der Waals surface area (Å²) in [5.74, 6) is -0.997. The lowest BCUT2D eigenvalue weighted by atomic mass is 10.1. The highest BCUT2D eigenvalue weighted by atomic mass is 32.2. The van der Waals surface area contributed by atoms with Crippen LogP contribution in [0.2, 0.25) is 0 Å². The van der Waals surface area contributed by atoms with Crippen molar-refractivity contribution in [2.45, 2.75) is 32.9 Å². The lowest BCUT2D eigenvalue weighted by Crippen LogP contribution is -2.25. The second kappa shape index (κ2) is 6.78. The van der Waals surface area contributed by atoms with Crippen LogP contribution in [0.5, 0.6) is 0 Å². The van der Waals surface area contributed by atoms with Crippen LogP contribution in [0.4, 0.5) is 5.69 Å². The normalized spacial score (nSPS) is 12.5. The Kier molecular flexibility index (Phi) is 5.62. The van der Waals surface area contributed by atoms with E-state index in [0.717, 1.165) is 23.1 Å². The lowest BCUT2D eigenvalue weighted by Gasteiger charge is -2.15. The largest absolute Gasteiger partial charge is 0.480 e. The number of aromatic nitrogens is 2. The predicted octanol–water partition coefficient (Wildman–Crippen LogP) is 1.82. The lowest BCUT2D eigenvalue weighted by molar-refractivity contribution is -0.137. The van der Waals surface area contributed by atoms with E-state index >= 15 is 0 Å². The number of amides is 1. The smallest absolute Gasteiger partial charge is 0.316 e. The Morgan fingerprint density at radius 1 is 1.40 bits per heavy atom. The molecule has 1 amide bonds. The summed E-state index contributed by atoms with van der Waals surface area (Å²) < 4.78 is 1.70. The van der Waals surface area contributed by atoms with Gasteiger partial charge in [-0.25, -0.2) is 0 Å². The second-order valence-electron chi connectivity index (χ2n) is 5.03. The fourth-order valence-electron chi connectivity index (χ4n) is 1.84. The Bertz CT molecular complexity index is 511. The van der Waals surface area contributed by atoms with Gasteiger partial charge < -0.3 is 10.4 Å². The first-order valence-corrected chi connectivity index (χ1v) is 7.43. The number of thioether (sulfide) groups is 1. The minimum absolute atomic E-state index is 0.0211. The molecule has 112 valence electrons. The third-order valence-corrected chi connectivity index (χ3v) is 4.55. The van der Waals surface area contributed by atoms with Gasteiger partial charge in [0.15, 0.2) is 0 Å². The highest BCUT2D eigenvalue weighted by molar-refractivity contribution is 8.01. The van der Waals surface area contributed by atoms with Gasteiger partial charge in [-0.15, -0.1) is 11.8 Å². The standard InChI is InChI=1S/C13H21N3O3S/c1-7(2)12(13(18)19)20-6-10(17)14-11-8(3)15-16(5)9(11)4/h7,12H,6H2,1-5H3,(H,14,17)(H,18,19). The monoisotopic (exact) mass is 299 g/mol. The molecule has 0 aromatic carbocycles. The zero-order chi connectivity index (χ0) is 15.4. The van der Waals surface area contributed by atoms with Crippen LogP contribution in [0.1, 0.15) is 25.2 Å². The maximum absolute atomic E-state index is 11.9. The van der Waals surface area contributed by atoms with Crippen molar-refractivity contribution in [2.75, 3.05) is 11.1 Å². The van der Waals surface area contributed by atoms with E-state index in [-0.39, 0.29) is 17.6 Å². The number of carboxylic acids is 1. The number of rotatable bonds is 6. The van der Waals surface area contributed by atoms with Crippen molar-refractivity contribution in [3.63, 3.8) is 0 Å². The molecule has 0 saturated carbocycles. The quantitative estimate of drug-likeness (QED) is 0.837. The molecule has 0 aliphatic heterocycles. The van der Waals surface area contributed by atoms with Crippen LogP contribution in [-0.2, 0) is 16.6 Å². The molecule has 1 heterocycles. The van der Waals surface area contributed by atoms with Crippen molar-refractivity contribution in [3.8, 4) is 0 Å². The molecule has 0 spiro atoms. The number of hydrogen-bond donors (Lipinski definition) is 2. The van der Waals surface area contributed by atoms with Gasteiger partial charge in [-0.05, 0) is 19.8 Å². The van der Waals surface area contributed by atoms with E-state index < -0.39 is 11.2 Å². The number of anilines is 1. The molecule has 1 aromatic heterocycles. The van der Waals surface area contributed by atoms with Gasteiger partial charge in [-0.1, -0.05) is 13.8 Å². The van der Waals surface area contributed by atoms with E-state index in [0.29, 0.717) is 5.69 Å². The number of nitrogens with zero attached hydrogens (tertiary/aromatic N) is 2. The summed E-state index contributed by atoms with van der Waals surface area (Å²) in [5, 5.41) is 15.5. The average molecular weight is 299 g/mol. The van der Waals surface area contributed by atoms with E-state index in [2.05, 4.69) is 10.4 Å². The van der Waals surface area contributed by atoms with Gasteiger partial charge in [-0.3, -0.25) is 14.3 Å². The van der Waals surface area contributed by atoms with Crippen LogP contribution < -0.4 is 5.32 Å². The number of hydrogen-bond acceptors (Lipinski definition) is 4. The molecule has 0 aliphatic rings. The molecule has 7 heteroatoms. The Hall–Kier alpha value is -1.50. The summed E-state index contributed by atoms with van der Waals surface area (Å²) in [6.07, 6.45) is 0. The summed E-state index contributed by atoms with van der Waals surface area (Å²) in [7, 11) is 1.81. The van der Waals surface area contributed by atoms with Crippen molar-refractivity contribution in [2.24, 2.45) is 13.0 Å². The molecule has 20 heavy (non-hydrogen) atoms. The third kappa shape index (κ3) is 4.00. The van der Waals surface area contributed by atoms with Gasteiger partial charge in [0.2, 0.25) is 5.91 Å². The van der Waals surface area contributed by atoms with E-state index in [1.54, 1.807) is 4.68 Å². The van der Waals surface area contributed by atoms with Crippen molar-refractivity contribution in [1.29, 1.82) is 0 Å². The van der Waals surface area contributed by atoms with Crippen LogP contribution in [0, 0.1) is 19.8 Å². The molecule has 6 nitrogen and oxygen atoms in total. The van der Waals surface area contributed by atoms with Gasteiger partial charge in [0.25, 0.3) is 0 Å². The zero-order valence-electron chi connectivity index (χ0n) is 12.4. The number of carbonyl (C=O) groups excluding carboxylic acids is 1. The van der Waals surface area contributed by atoms with Crippen molar-refractivity contribution in [3.05, 3.63) is 11.4 Å². The highest BCUT2D eigenvalue weighted by Gasteiger charge is 2.23. The molecule has 0 radical (unpaired) electrons. The number of aryl methyl sites for hydroxylation is 2. The Morgan fingerprint density at radius 2 is 2.00 bits per heavy atom.